The van der Waals surface area contributed by atoms with Crippen LogP contribution in [0.5, 0.6) is 0 Å². The lowest BCUT2D eigenvalue weighted by atomic mass is 10.1. The van der Waals surface area contributed by atoms with E-state index in [-0.39, 0.29) is 11.9 Å². The molecule has 2 N–H and O–H groups in total. The Balaban J connectivity index is 2.13. The molecule has 1 atom stereocenters. The summed E-state index contributed by atoms with van der Waals surface area (Å²) in [5, 5.41) is 10.5. The van der Waals surface area contributed by atoms with Crippen LogP contribution < -0.4 is 10.6 Å². The second-order valence-electron chi connectivity index (χ2n) is 4.33. The van der Waals surface area contributed by atoms with E-state index in [9.17, 15) is 4.79 Å². The zero-order chi connectivity index (χ0) is 11.7. The third-order valence-electron chi connectivity index (χ3n) is 3.13. The van der Waals surface area contributed by atoms with Gasteiger partial charge in [-0.2, -0.15) is 5.10 Å². The summed E-state index contributed by atoms with van der Waals surface area (Å²) in [5.41, 5.74) is 2.43. The van der Waals surface area contributed by atoms with Gasteiger partial charge in [0.05, 0.1) is 11.3 Å². The number of hydrogen-bond acceptors (Lipinski definition) is 3. The van der Waals surface area contributed by atoms with Crippen molar-refractivity contribution >= 4 is 5.91 Å². The van der Waals surface area contributed by atoms with Crippen molar-refractivity contribution in [2.75, 3.05) is 13.1 Å². The Bertz CT molecular complexity index is 404. The molecule has 1 saturated heterocycles. The normalized spacial score (nSPS) is 20.1. The molecule has 5 nitrogen and oxygen atoms in total. The number of aromatic nitrogens is 2. The summed E-state index contributed by atoms with van der Waals surface area (Å²) in [7, 11) is 1.86. The highest BCUT2D eigenvalue weighted by atomic mass is 16.1. The Morgan fingerprint density at radius 1 is 1.56 bits per heavy atom. The molecule has 1 aromatic heterocycles. The summed E-state index contributed by atoms with van der Waals surface area (Å²) in [6.07, 6.45) is 1.00. The van der Waals surface area contributed by atoms with Crippen LogP contribution in [0.1, 0.15) is 28.2 Å². The van der Waals surface area contributed by atoms with Gasteiger partial charge < -0.3 is 10.6 Å². The predicted molar refractivity (Wildman–Crippen MR) is 61.4 cm³/mol. The van der Waals surface area contributed by atoms with Crippen molar-refractivity contribution in [3.63, 3.8) is 0 Å². The molecule has 1 aliphatic heterocycles. The first kappa shape index (κ1) is 11.1. The molecule has 1 fully saturated rings. The summed E-state index contributed by atoms with van der Waals surface area (Å²) in [6.45, 7) is 5.64. The molecule has 88 valence electrons. The van der Waals surface area contributed by atoms with Crippen molar-refractivity contribution in [1.82, 2.24) is 20.4 Å². The molecule has 0 aromatic carbocycles. The summed E-state index contributed by atoms with van der Waals surface area (Å²) in [6, 6.07) is 0.256. The van der Waals surface area contributed by atoms with Gasteiger partial charge in [0.1, 0.15) is 0 Å². The largest absolute Gasteiger partial charge is 0.348 e. The van der Waals surface area contributed by atoms with Crippen molar-refractivity contribution in [1.29, 1.82) is 0 Å². The van der Waals surface area contributed by atoms with E-state index < -0.39 is 0 Å². The van der Waals surface area contributed by atoms with Crippen molar-refractivity contribution < 1.29 is 4.79 Å². The SMILES string of the molecule is Cc1nn(C)c(C)c1C(=O)NC1CCNC1. The maximum atomic E-state index is 12.1. The molecule has 1 unspecified atom stereocenters. The van der Waals surface area contributed by atoms with Crippen LogP contribution in [0.4, 0.5) is 0 Å². The Labute approximate surface area is 95.2 Å². The molecule has 1 amide bonds. The lowest BCUT2D eigenvalue weighted by Crippen LogP contribution is -2.36. The van der Waals surface area contributed by atoms with E-state index in [1.54, 1.807) is 4.68 Å². The number of nitrogens with one attached hydrogen (secondary N) is 2. The fourth-order valence-corrected chi connectivity index (χ4v) is 2.14. The van der Waals surface area contributed by atoms with Gasteiger partial charge >= 0.3 is 0 Å². The molecule has 16 heavy (non-hydrogen) atoms. The molecule has 0 spiro atoms. The van der Waals surface area contributed by atoms with Crippen LogP contribution >= 0.6 is 0 Å². The van der Waals surface area contributed by atoms with E-state index in [1.165, 1.54) is 0 Å². The Kier molecular flexibility index (Phi) is 2.96. The first-order valence-corrected chi connectivity index (χ1v) is 5.61. The number of nitrogens with zero attached hydrogens (tertiary/aromatic N) is 2. The highest BCUT2D eigenvalue weighted by molar-refractivity contribution is 5.96. The minimum atomic E-state index is -0.00296. The van der Waals surface area contributed by atoms with Crippen molar-refractivity contribution in [3.8, 4) is 0 Å². The van der Waals surface area contributed by atoms with Gasteiger partial charge in [-0.05, 0) is 26.8 Å². The fraction of sp³-hybridized carbons (Fsp3) is 0.636. The smallest absolute Gasteiger partial charge is 0.255 e. The fourth-order valence-electron chi connectivity index (χ4n) is 2.14. The van der Waals surface area contributed by atoms with Crippen LogP contribution in [0.3, 0.4) is 0 Å². The van der Waals surface area contributed by atoms with Crippen LogP contribution in [0.2, 0.25) is 0 Å². The van der Waals surface area contributed by atoms with Gasteiger partial charge in [0.15, 0.2) is 0 Å². The molecule has 0 saturated carbocycles. The van der Waals surface area contributed by atoms with Crippen LogP contribution in [0, 0.1) is 13.8 Å². The summed E-state index contributed by atoms with van der Waals surface area (Å²) in [5.74, 6) is -0.00296. The molecule has 2 rings (SSSR count). The summed E-state index contributed by atoms with van der Waals surface area (Å²) >= 11 is 0. The second kappa shape index (κ2) is 4.25. The zero-order valence-electron chi connectivity index (χ0n) is 10.0. The molecule has 1 aromatic rings. The molecule has 0 aliphatic carbocycles. The predicted octanol–water partition coefficient (Wildman–Crippen LogP) is 0.129. The van der Waals surface area contributed by atoms with E-state index in [2.05, 4.69) is 15.7 Å². The van der Waals surface area contributed by atoms with Crippen LogP contribution in [0.15, 0.2) is 0 Å². The molecule has 2 heterocycles. The van der Waals surface area contributed by atoms with Crippen molar-refractivity contribution in [2.45, 2.75) is 26.3 Å². The third kappa shape index (κ3) is 1.95. The number of carbonyl (C=O) groups is 1. The van der Waals surface area contributed by atoms with E-state index in [1.807, 2.05) is 20.9 Å². The van der Waals surface area contributed by atoms with Gasteiger partial charge in [0.2, 0.25) is 0 Å². The third-order valence-corrected chi connectivity index (χ3v) is 3.13. The maximum absolute atomic E-state index is 12.1. The summed E-state index contributed by atoms with van der Waals surface area (Å²) in [4.78, 5) is 12.1. The van der Waals surface area contributed by atoms with E-state index in [0.717, 1.165) is 36.5 Å². The summed E-state index contributed by atoms with van der Waals surface area (Å²) < 4.78 is 1.75. The highest BCUT2D eigenvalue weighted by Gasteiger charge is 2.21. The standard InChI is InChI=1S/C11H18N4O/c1-7-10(8(2)15(3)14-7)11(16)13-9-4-5-12-6-9/h9,12H,4-6H2,1-3H3,(H,13,16). The topological polar surface area (TPSA) is 59.0 Å². The second-order valence-corrected chi connectivity index (χ2v) is 4.33. The number of hydrogen-bond donors (Lipinski definition) is 2. The molecule has 1 aliphatic rings. The molecular formula is C11H18N4O. The van der Waals surface area contributed by atoms with Crippen LogP contribution in [0.25, 0.3) is 0 Å². The first-order chi connectivity index (χ1) is 7.59. The average Bonchev–Trinajstić information content (AvgIpc) is 2.77. The minimum absolute atomic E-state index is 0.00296. The van der Waals surface area contributed by atoms with E-state index in [0.29, 0.717) is 0 Å². The zero-order valence-corrected chi connectivity index (χ0v) is 10.0. The van der Waals surface area contributed by atoms with E-state index in [4.69, 9.17) is 0 Å². The van der Waals surface area contributed by atoms with Gasteiger partial charge in [-0.15, -0.1) is 0 Å². The van der Waals surface area contributed by atoms with Crippen molar-refractivity contribution in [3.05, 3.63) is 17.0 Å². The van der Waals surface area contributed by atoms with Gasteiger partial charge in [0, 0.05) is 25.3 Å². The van der Waals surface area contributed by atoms with Crippen molar-refractivity contribution in [2.24, 2.45) is 7.05 Å². The number of rotatable bonds is 2. The Morgan fingerprint density at radius 3 is 2.81 bits per heavy atom. The van der Waals surface area contributed by atoms with Gasteiger partial charge in [-0.25, -0.2) is 0 Å². The highest BCUT2D eigenvalue weighted by Crippen LogP contribution is 2.12. The minimum Gasteiger partial charge on any atom is -0.348 e. The number of aryl methyl sites for hydroxylation is 2. The maximum Gasteiger partial charge on any atom is 0.255 e. The molecular weight excluding hydrogens is 204 g/mol. The average molecular weight is 222 g/mol. The lowest BCUT2D eigenvalue weighted by molar-refractivity contribution is 0.0938. The van der Waals surface area contributed by atoms with Gasteiger partial charge in [-0.3, -0.25) is 9.48 Å². The van der Waals surface area contributed by atoms with E-state index >= 15 is 0 Å². The number of carbonyl (C=O) groups excluding carboxylic acids is 1. The van der Waals surface area contributed by atoms with Gasteiger partial charge in [0.25, 0.3) is 5.91 Å². The number of amides is 1. The molecule has 0 radical (unpaired) electrons. The Hall–Kier alpha value is -1.36. The molecule has 0 bridgehead atoms. The monoisotopic (exact) mass is 222 g/mol. The van der Waals surface area contributed by atoms with Gasteiger partial charge in [-0.1, -0.05) is 0 Å². The molecule has 5 heteroatoms. The Morgan fingerprint density at radius 2 is 2.31 bits per heavy atom. The quantitative estimate of drug-likeness (QED) is 0.747. The van der Waals surface area contributed by atoms with Crippen LogP contribution in [-0.4, -0.2) is 34.8 Å². The lowest BCUT2D eigenvalue weighted by Gasteiger charge is -2.11. The first-order valence-electron chi connectivity index (χ1n) is 5.61. The van der Waals surface area contributed by atoms with Crippen LogP contribution in [-0.2, 0) is 7.05 Å².